The first-order chi connectivity index (χ1) is 15.0. The highest BCUT2D eigenvalue weighted by Crippen LogP contribution is 2.51. The van der Waals surface area contributed by atoms with E-state index in [9.17, 15) is 9.90 Å². The molecule has 1 amide bonds. The number of aromatic nitrogens is 2. The summed E-state index contributed by atoms with van der Waals surface area (Å²) in [7, 11) is 4.64. The van der Waals surface area contributed by atoms with Crippen molar-refractivity contribution < 1.29 is 24.1 Å². The number of ether oxygens (including phenoxy) is 3. The molecule has 0 radical (unpaired) electrons. The van der Waals surface area contributed by atoms with Crippen LogP contribution in [0.5, 0.6) is 17.6 Å². The van der Waals surface area contributed by atoms with E-state index >= 15 is 0 Å². The summed E-state index contributed by atoms with van der Waals surface area (Å²) in [6.07, 6.45) is 4.61. The van der Waals surface area contributed by atoms with Gasteiger partial charge in [0.05, 0.1) is 33.3 Å². The first-order valence-electron chi connectivity index (χ1n) is 10.6. The Labute approximate surface area is 182 Å². The van der Waals surface area contributed by atoms with Crippen LogP contribution in [0.1, 0.15) is 30.4 Å². The minimum absolute atomic E-state index is 0.0714. The molecule has 2 fully saturated rings. The topological polar surface area (TPSA) is 94.0 Å². The second kappa shape index (κ2) is 8.70. The number of nitrogens with zero attached hydrogens (tertiary/aromatic N) is 3. The maximum absolute atomic E-state index is 13.1. The van der Waals surface area contributed by atoms with Crippen LogP contribution in [0.25, 0.3) is 0 Å². The van der Waals surface area contributed by atoms with E-state index in [1.807, 2.05) is 29.2 Å². The molecule has 1 N–H and O–H groups in total. The van der Waals surface area contributed by atoms with Crippen LogP contribution in [0.15, 0.2) is 30.5 Å². The van der Waals surface area contributed by atoms with E-state index in [1.54, 1.807) is 13.3 Å². The zero-order valence-electron chi connectivity index (χ0n) is 18.2. The highest BCUT2D eigenvalue weighted by Gasteiger charge is 2.54. The molecule has 0 spiro atoms. The summed E-state index contributed by atoms with van der Waals surface area (Å²) in [5.41, 5.74) is 0.391. The summed E-state index contributed by atoms with van der Waals surface area (Å²) < 4.78 is 15.8. The van der Waals surface area contributed by atoms with Crippen LogP contribution in [-0.4, -0.2) is 60.3 Å². The Kier molecular flexibility index (Phi) is 6.00. The molecule has 2 unspecified atom stereocenters. The second-order valence-electron chi connectivity index (χ2n) is 8.25. The Morgan fingerprint density at radius 2 is 1.77 bits per heavy atom. The lowest BCUT2D eigenvalue weighted by Crippen LogP contribution is -2.59. The quantitative estimate of drug-likeness (QED) is 0.755. The van der Waals surface area contributed by atoms with Crippen LogP contribution in [0.3, 0.4) is 0 Å². The first-order valence-corrected chi connectivity index (χ1v) is 10.6. The van der Waals surface area contributed by atoms with Crippen LogP contribution < -0.4 is 14.2 Å². The lowest BCUT2D eigenvalue weighted by atomic mass is 9.63. The van der Waals surface area contributed by atoms with Gasteiger partial charge in [0.2, 0.25) is 11.8 Å². The van der Waals surface area contributed by atoms with Crippen LogP contribution in [0.2, 0.25) is 0 Å². The summed E-state index contributed by atoms with van der Waals surface area (Å²) >= 11 is 0. The number of amides is 1. The molecule has 8 nitrogen and oxygen atoms in total. The van der Waals surface area contributed by atoms with Crippen molar-refractivity contribution in [3.05, 3.63) is 41.6 Å². The Morgan fingerprint density at radius 3 is 2.35 bits per heavy atom. The molecule has 166 valence electrons. The molecule has 2 heterocycles. The van der Waals surface area contributed by atoms with Crippen molar-refractivity contribution >= 4 is 5.91 Å². The van der Waals surface area contributed by atoms with Crippen LogP contribution in [0.4, 0.5) is 0 Å². The van der Waals surface area contributed by atoms with E-state index in [0.29, 0.717) is 31.0 Å². The number of hydrogen-bond donors (Lipinski definition) is 1. The lowest BCUT2D eigenvalue weighted by molar-refractivity contribution is -0.163. The van der Waals surface area contributed by atoms with Gasteiger partial charge in [-0.1, -0.05) is 18.6 Å². The summed E-state index contributed by atoms with van der Waals surface area (Å²) in [4.78, 5) is 23.4. The number of methoxy groups -OCH3 is 3. The normalized spacial score (nSPS) is 25.1. The average molecular weight is 428 g/mol. The van der Waals surface area contributed by atoms with E-state index in [-0.39, 0.29) is 23.8 Å². The fraction of sp³-hybridized carbons (Fsp3) is 0.522. The molecule has 2 aromatic rings. The predicted molar refractivity (Wildman–Crippen MR) is 113 cm³/mol. The number of fused-ring (bicyclic) bond motifs is 2. The molecule has 1 aromatic carbocycles. The number of benzene rings is 1. The Balaban J connectivity index is 1.55. The molecular weight excluding hydrogens is 398 g/mol. The number of piperidine rings is 1. The van der Waals surface area contributed by atoms with Gasteiger partial charge in [-0.15, -0.1) is 0 Å². The monoisotopic (exact) mass is 427 g/mol. The van der Waals surface area contributed by atoms with Gasteiger partial charge in [0.15, 0.2) is 0 Å². The fourth-order valence-corrected chi connectivity index (χ4v) is 5.00. The molecule has 1 aliphatic heterocycles. The van der Waals surface area contributed by atoms with E-state index in [1.165, 1.54) is 14.2 Å². The van der Waals surface area contributed by atoms with Gasteiger partial charge in [0.25, 0.3) is 0 Å². The number of likely N-dealkylation sites (tertiary alicyclic amines) is 1. The van der Waals surface area contributed by atoms with Crippen molar-refractivity contribution in [1.29, 1.82) is 0 Å². The molecule has 1 aromatic heterocycles. The first kappa shape index (κ1) is 21.4. The SMILES string of the molecule is COc1ccc(CC(=O)N2CC3CCCC(C2)C3(O)c2cnc(OC)nc2OC)cc1. The van der Waals surface area contributed by atoms with Crippen LogP contribution in [-0.2, 0) is 16.8 Å². The fourth-order valence-electron chi connectivity index (χ4n) is 5.00. The minimum atomic E-state index is -1.13. The molecule has 4 rings (SSSR count). The van der Waals surface area contributed by atoms with Gasteiger partial charge >= 0.3 is 6.01 Å². The number of rotatable bonds is 6. The molecule has 1 saturated heterocycles. The molecule has 31 heavy (non-hydrogen) atoms. The van der Waals surface area contributed by atoms with Gasteiger partial charge < -0.3 is 24.2 Å². The largest absolute Gasteiger partial charge is 0.497 e. The van der Waals surface area contributed by atoms with Crippen molar-refractivity contribution in [2.24, 2.45) is 11.8 Å². The number of carbonyl (C=O) groups is 1. The Bertz CT molecular complexity index is 919. The van der Waals surface area contributed by atoms with Crippen LogP contribution >= 0.6 is 0 Å². The van der Waals surface area contributed by atoms with Gasteiger partial charge in [-0.3, -0.25) is 4.79 Å². The van der Waals surface area contributed by atoms with Gasteiger partial charge in [-0.2, -0.15) is 4.98 Å². The molecule has 2 bridgehead atoms. The maximum atomic E-state index is 13.1. The van der Waals surface area contributed by atoms with Crippen LogP contribution in [0, 0.1) is 11.8 Å². The van der Waals surface area contributed by atoms with Crippen molar-refractivity contribution in [1.82, 2.24) is 14.9 Å². The Hall–Kier alpha value is -2.87. The van der Waals surface area contributed by atoms with E-state index in [2.05, 4.69) is 9.97 Å². The molecule has 1 saturated carbocycles. The van der Waals surface area contributed by atoms with Gasteiger partial charge in [0.1, 0.15) is 11.4 Å². The summed E-state index contributed by atoms with van der Waals surface area (Å²) in [5, 5.41) is 11.9. The maximum Gasteiger partial charge on any atom is 0.319 e. The zero-order chi connectivity index (χ0) is 22.0. The molecule has 8 heteroatoms. The summed E-state index contributed by atoms with van der Waals surface area (Å²) in [6, 6.07) is 7.75. The third-order valence-electron chi connectivity index (χ3n) is 6.64. The summed E-state index contributed by atoms with van der Waals surface area (Å²) in [5.74, 6) is 0.951. The predicted octanol–water partition coefficient (Wildman–Crippen LogP) is 2.19. The van der Waals surface area contributed by atoms with E-state index in [0.717, 1.165) is 30.6 Å². The van der Waals surface area contributed by atoms with Gasteiger partial charge in [-0.25, -0.2) is 4.98 Å². The third kappa shape index (κ3) is 3.92. The molecular formula is C23H29N3O5. The van der Waals surface area contributed by atoms with Crippen molar-refractivity contribution in [3.8, 4) is 17.6 Å². The van der Waals surface area contributed by atoms with E-state index < -0.39 is 5.60 Å². The number of hydrogen-bond acceptors (Lipinski definition) is 7. The molecule has 1 aliphatic carbocycles. The second-order valence-corrected chi connectivity index (χ2v) is 8.25. The highest BCUT2D eigenvalue weighted by molar-refractivity contribution is 5.79. The average Bonchev–Trinajstić information content (AvgIpc) is 2.78. The standard InChI is InChI=1S/C23H29N3O5/c1-29-18-9-7-15(8-10-18)11-20(27)26-13-16-5-4-6-17(14-26)23(16,28)19-12-24-22(31-3)25-21(19)30-2/h7-10,12,16-17,28H,4-6,11,13-14H2,1-3H3. The smallest absolute Gasteiger partial charge is 0.319 e. The zero-order valence-corrected chi connectivity index (χ0v) is 18.2. The molecule has 2 aliphatic rings. The van der Waals surface area contributed by atoms with Crippen molar-refractivity contribution in [3.63, 3.8) is 0 Å². The number of aliphatic hydroxyl groups is 1. The number of carbonyl (C=O) groups excluding carboxylic acids is 1. The van der Waals surface area contributed by atoms with Crippen molar-refractivity contribution in [2.45, 2.75) is 31.3 Å². The molecule has 2 atom stereocenters. The van der Waals surface area contributed by atoms with Crippen molar-refractivity contribution in [2.75, 3.05) is 34.4 Å². The third-order valence-corrected chi connectivity index (χ3v) is 6.64. The lowest BCUT2D eigenvalue weighted by Gasteiger charge is -2.53. The Morgan fingerprint density at radius 1 is 1.10 bits per heavy atom. The minimum Gasteiger partial charge on any atom is -0.497 e. The van der Waals surface area contributed by atoms with E-state index in [4.69, 9.17) is 14.2 Å². The highest BCUT2D eigenvalue weighted by atomic mass is 16.5. The van der Waals surface area contributed by atoms with Gasteiger partial charge in [0, 0.05) is 31.1 Å². The van der Waals surface area contributed by atoms with Gasteiger partial charge in [-0.05, 0) is 30.5 Å². The summed E-state index contributed by atoms with van der Waals surface area (Å²) in [6.45, 7) is 0.994.